The molecule has 0 spiro atoms. The van der Waals surface area contributed by atoms with Gasteiger partial charge in [0.15, 0.2) is 0 Å². The number of nitrogens with one attached hydrogen (secondary N) is 1. The average Bonchev–Trinajstić information content (AvgIpc) is 2.65. The van der Waals surface area contributed by atoms with Crippen LogP contribution in [-0.2, 0) is 11.3 Å². The van der Waals surface area contributed by atoms with Gasteiger partial charge in [-0.15, -0.1) is 12.4 Å². The third kappa shape index (κ3) is 1.96. The molecule has 0 unspecified atom stereocenters. The maximum absolute atomic E-state index is 6.21. The molecule has 3 rings (SSSR count). The Labute approximate surface area is 117 Å². The molecule has 0 aliphatic carbocycles. The minimum absolute atomic E-state index is 0. The summed E-state index contributed by atoms with van der Waals surface area (Å²) >= 11 is 12.2. The predicted molar refractivity (Wildman–Crippen MR) is 72.5 cm³/mol. The van der Waals surface area contributed by atoms with Crippen LogP contribution in [0.5, 0.6) is 0 Å². The Morgan fingerprint density at radius 3 is 2.94 bits per heavy atom. The Bertz CT molecular complexity index is 452. The second-order valence-corrected chi connectivity index (χ2v) is 5.50. The van der Waals surface area contributed by atoms with Crippen molar-refractivity contribution in [1.29, 1.82) is 0 Å². The van der Waals surface area contributed by atoms with Crippen LogP contribution in [0, 0.1) is 0 Å². The molecule has 0 aromatic heterocycles. The van der Waals surface area contributed by atoms with Gasteiger partial charge in [-0.05, 0) is 18.6 Å². The van der Waals surface area contributed by atoms with E-state index >= 15 is 0 Å². The van der Waals surface area contributed by atoms with Crippen molar-refractivity contribution in [2.75, 3.05) is 13.1 Å². The average molecular weight is 295 g/mol. The first-order valence-electron chi connectivity index (χ1n) is 5.43. The van der Waals surface area contributed by atoms with Gasteiger partial charge in [-0.2, -0.15) is 0 Å². The normalized spacial score (nSPS) is 30.4. The Morgan fingerprint density at radius 2 is 2.18 bits per heavy atom. The quantitative estimate of drug-likeness (QED) is 0.792. The summed E-state index contributed by atoms with van der Waals surface area (Å²) < 4.78 is 5.95. The molecule has 2 nitrogen and oxygen atoms in total. The molecule has 1 fully saturated rings. The lowest BCUT2D eigenvalue weighted by molar-refractivity contribution is -0.0517. The molecule has 1 saturated heterocycles. The zero-order valence-electron chi connectivity index (χ0n) is 9.43. The van der Waals surface area contributed by atoms with E-state index in [4.69, 9.17) is 27.9 Å². The van der Waals surface area contributed by atoms with E-state index in [-0.39, 0.29) is 18.0 Å². The van der Waals surface area contributed by atoms with Crippen LogP contribution in [-0.4, -0.2) is 18.7 Å². The molecule has 5 heteroatoms. The molecule has 2 atom stereocenters. The summed E-state index contributed by atoms with van der Waals surface area (Å²) in [5.41, 5.74) is 2.25. The van der Waals surface area contributed by atoms with Crippen molar-refractivity contribution in [3.05, 3.63) is 33.3 Å². The van der Waals surface area contributed by atoms with Crippen LogP contribution in [0.4, 0.5) is 0 Å². The molecular formula is C12H14Cl3NO. The maximum atomic E-state index is 6.21. The lowest BCUT2D eigenvalue weighted by Crippen LogP contribution is -2.39. The Kier molecular flexibility index (Phi) is 3.64. The van der Waals surface area contributed by atoms with Gasteiger partial charge in [0.1, 0.15) is 0 Å². The monoisotopic (exact) mass is 293 g/mol. The third-order valence-corrected chi connectivity index (χ3v) is 4.56. The summed E-state index contributed by atoms with van der Waals surface area (Å²) in [6.07, 6.45) is 0. The molecule has 17 heavy (non-hydrogen) atoms. The van der Waals surface area contributed by atoms with Crippen molar-refractivity contribution in [1.82, 2.24) is 5.32 Å². The molecule has 1 aromatic rings. The fourth-order valence-corrected chi connectivity index (χ4v) is 3.12. The lowest BCUT2D eigenvalue weighted by Gasteiger charge is -2.37. The van der Waals surface area contributed by atoms with E-state index in [1.165, 1.54) is 5.56 Å². The highest BCUT2D eigenvalue weighted by molar-refractivity contribution is 6.42. The van der Waals surface area contributed by atoms with Crippen molar-refractivity contribution in [2.24, 2.45) is 0 Å². The van der Waals surface area contributed by atoms with Crippen LogP contribution in [0.1, 0.15) is 24.0 Å². The fourth-order valence-electron chi connectivity index (χ4n) is 2.71. The first-order valence-corrected chi connectivity index (χ1v) is 6.19. The van der Waals surface area contributed by atoms with E-state index in [1.807, 2.05) is 6.07 Å². The van der Waals surface area contributed by atoms with Crippen LogP contribution in [0.2, 0.25) is 10.0 Å². The molecule has 94 valence electrons. The van der Waals surface area contributed by atoms with E-state index in [1.54, 1.807) is 0 Å². The number of halogens is 3. The second kappa shape index (κ2) is 4.60. The molecule has 2 aliphatic heterocycles. The first kappa shape index (κ1) is 13.4. The van der Waals surface area contributed by atoms with E-state index in [0.29, 0.717) is 22.6 Å². The second-order valence-electron chi connectivity index (χ2n) is 4.71. The summed E-state index contributed by atoms with van der Waals surface area (Å²) in [7, 11) is 0. The molecule has 0 bridgehead atoms. The molecule has 2 heterocycles. The number of fused-ring (bicyclic) bond motifs is 3. The van der Waals surface area contributed by atoms with Gasteiger partial charge in [-0.1, -0.05) is 29.3 Å². The largest absolute Gasteiger partial charge is 0.369 e. The van der Waals surface area contributed by atoms with Gasteiger partial charge in [0.2, 0.25) is 0 Å². The predicted octanol–water partition coefficient (Wildman–Crippen LogP) is 3.39. The summed E-state index contributed by atoms with van der Waals surface area (Å²) in [6.45, 7) is 4.56. The SMILES string of the molecule is C[C@]12CNC[C@H]1c1ccc(Cl)c(Cl)c1CO2.Cl. The van der Waals surface area contributed by atoms with E-state index < -0.39 is 0 Å². The number of hydrogen-bond donors (Lipinski definition) is 1. The highest BCUT2D eigenvalue weighted by Crippen LogP contribution is 2.44. The van der Waals surface area contributed by atoms with Gasteiger partial charge in [0.25, 0.3) is 0 Å². The van der Waals surface area contributed by atoms with Crippen LogP contribution in [0.25, 0.3) is 0 Å². The van der Waals surface area contributed by atoms with Gasteiger partial charge in [0, 0.05) is 24.6 Å². The van der Waals surface area contributed by atoms with Gasteiger partial charge in [-0.3, -0.25) is 0 Å². The summed E-state index contributed by atoms with van der Waals surface area (Å²) in [5.74, 6) is 0.381. The maximum Gasteiger partial charge on any atom is 0.0863 e. The number of hydrogen-bond acceptors (Lipinski definition) is 2. The topological polar surface area (TPSA) is 21.3 Å². The lowest BCUT2D eigenvalue weighted by atomic mass is 9.81. The Morgan fingerprint density at radius 1 is 1.41 bits per heavy atom. The molecule has 0 radical (unpaired) electrons. The zero-order chi connectivity index (χ0) is 11.3. The van der Waals surface area contributed by atoms with E-state index in [2.05, 4.69) is 18.3 Å². The summed E-state index contributed by atoms with van der Waals surface area (Å²) in [5, 5.41) is 4.63. The van der Waals surface area contributed by atoms with Gasteiger partial charge >= 0.3 is 0 Å². The standard InChI is InChI=1S/C12H13Cl2NO.ClH/c1-12-6-15-4-9(12)7-2-3-10(13)11(14)8(7)5-16-12;/h2-3,9,15H,4-6H2,1H3;1H/t9-,12-;/m0./s1. The Balaban J connectivity index is 0.00000108. The van der Waals surface area contributed by atoms with Crippen LogP contribution in [0.15, 0.2) is 12.1 Å². The third-order valence-electron chi connectivity index (χ3n) is 3.72. The van der Waals surface area contributed by atoms with Crippen molar-refractivity contribution in [3.63, 3.8) is 0 Å². The summed E-state index contributed by atoms with van der Waals surface area (Å²) in [6, 6.07) is 3.97. The summed E-state index contributed by atoms with van der Waals surface area (Å²) in [4.78, 5) is 0. The van der Waals surface area contributed by atoms with Crippen molar-refractivity contribution >= 4 is 35.6 Å². The Hall–Kier alpha value is 0.01000. The van der Waals surface area contributed by atoms with E-state index in [0.717, 1.165) is 18.7 Å². The van der Waals surface area contributed by atoms with Gasteiger partial charge in [0.05, 0.1) is 22.3 Å². The number of benzene rings is 1. The molecule has 0 saturated carbocycles. The highest BCUT2D eigenvalue weighted by atomic mass is 35.5. The smallest absolute Gasteiger partial charge is 0.0863 e. The van der Waals surface area contributed by atoms with E-state index in [9.17, 15) is 0 Å². The minimum atomic E-state index is -0.0931. The highest BCUT2D eigenvalue weighted by Gasteiger charge is 2.44. The van der Waals surface area contributed by atoms with Crippen molar-refractivity contribution < 1.29 is 4.74 Å². The van der Waals surface area contributed by atoms with Crippen molar-refractivity contribution in [3.8, 4) is 0 Å². The zero-order valence-corrected chi connectivity index (χ0v) is 11.8. The number of rotatable bonds is 0. The van der Waals surface area contributed by atoms with Gasteiger partial charge < -0.3 is 10.1 Å². The molecular weight excluding hydrogens is 280 g/mol. The molecule has 2 aliphatic rings. The van der Waals surface area contributed by atoms with Crippen LogP contribution >= 0.6 is 35.6 Å². The van der Waals surface area contributed by atoms with Crippen molar-refractivity contribution in [2.45, 2.75) is 25.0 Å². The number of ether oxygens (including phenoxy) is 1. The van der Waals surface area contributed by atoms with Crippen LogP contribution < -0.4 is 5.32 Å². The molecule has 0 amide bonds. The van der Waals surface area contributed by atoms with Gasteiger partial charge in [-0.25, -0.2) is 0 Å². The van der Waals surface area contributed by atoms with Crippen LogP contribution in [0.3, 0.4) is 0 Å². The molecule has 1 aromatic carbocycles. The minimum Gasteiger partial charge on any atom is -0.369 e. The fraction of sp³-hybridized carbons (Fsp3) is 0.500. The first-order chi connectivity index (χ1) is 7.62. The molecule has 1 N–H and O–H groups in total.